The van der Waals surface area contributed by atoms with Gasteiger partial charge < -0.3 is 0 Å². The van der Waals surface area contributed by atoms with E-state index in [9.17, 15) is 4.79 Å². The van der Waals surface area contributed by atoms with Gasteiger partial charge in [0.15, 0.2) is 5.78 Å². The van der Waals surface area contributed by atoms with E-state index in [1.165, 1.54) is 0 Å². The van der Waals surface area contributed by atoms with Gasteiger partial charge in [-0.2, -0.15) is 5.26 Å². The van der Waals surface area contributed by atoms with Crippen molar-refractivity contribution in [3.63, 3.8) is 0 Å². The highest BCUT2D eigenvalue weighted by molar-refractivity contribution is 5.89. The van der Waals surface area contributed by atoms with E-state index in [2.05, 4.69) is 6.07 Å². The number of fused-ring (bicyclic) bond motifs is 1. The molecule has 0 heterocycles. The van der Waals surface area contributed by atoms with Crippen LogP contribution in [-0.2, 0) is 11.2 Å². The van der Waals surface area contributed by atoms with Crippen LogP contribution < -0.4 is 0 Å². The van der Waals surface area contributed by atoms with Gasteiger partial charge in [0, 0.05) is 6.42 Å². The lowest BCUT2D eigenvalue weighted by Gasteiger charge is -2.07. The van der Waals surface area contributed by atoms with E-state index in [1.807, 2.05) is 24.3 Å². The van der Waals surface area contributed by atoms with Gasteiger partial charge in [0.2, 0.25) is 0 Å². The zero-order valence-electron chi connectivity index (χ0n) is 7.86. The number of carbonyl (C=O) groups is 1. The Bertz CT molecular complexity index is 403. The molecule has 1 atom stereocenters. The summed E-state index contributed by atoms with van der Waals surface area (Å²) >= 11 is 0. The number of ketones is 1. The van der Waals surface area contributed by atoms with Crippen molar-refractivity contribution in [1.29, 1.82) is 5.26 Å². The molecule has 1 aromatic carbocycles. The van der Waals surface area contributed by atoms with Gasteiger partial charge in [-0.25, -0.2) is 0 Å². The van der Waals surface area contributed by atoms with E-state index in [4.69, 9.17) is 5.26 Å². The van der Waals surface area contributed by atoms with Gasteiger partial charge in [0.05, 0.1) is 6.07 Å². The van der Waals surface area contributed by atoms with Crippen LogP contribution in [0.4, 0.5) is 0 Å². The third-order valence-corrected chi connectivity index (χ3v) is 2.69. The molecular weight excluding hydrogens is 174 g/mol. The summed E-state index contributed by atoms with van der Waals surface area (Å²) in [4.78, 5) is 11.6. The molecule has 0 aliphatic heterocycles. The SMILES string of the molecule is N#CC1C(=O)CCCc2ccccc21. The number of hydrogen-bond donors (Lipinski definition) is 0. The quantitative estimate of drug-likeness (QED) is 0.581. The maximum atomic E-state index is 11.6. The number of carbonyl (C=O) groups excluding carboxylic acids is 1. The molecule has 0 N–H and O–H groups in total. The summed E-state index contributed by atoms with van der Waals surface area (Å²) in [6.07, 6.45) is 2.32. The van der Waals surface area contributed by atoms with Crippen LogP contribution in [0, 0.1) is 11.3 Å². The van der Waals surface area contributed by atoms with E-state index in [1.54, 1.807) is 0 Å². The summed E-state index contributed by atoms with van der Waals surface area (Å²) in [6.45, 7) is 0. The highest BCUT2D eigenvalue weighted by atomic mass is 16.1. The third kappa shape index (κ3) is 1.42. The first-order valence-corrected chi connectivity index (χ1v) is 4.83. The van der Waals surface area contributed by atoms with Crippen molar-refractivity contribution in [1.82, 2.24) is 0 Å². The zero-order chi connectivity index (χ0) is 9.97. The van der Waals surface area contributed by atoms with Crippen molar-refractivity contribution in [2.45, 2.75) is 25.2 Å². The fraction of sp³-hybridized carbons (Fsp3) is 0.333. The molecule has 0 spiro atoms. The third-order valence-electron chi connectivity index (χ3n) is 2.69. The average molecular weight is 185 g/mol. The summed E-state index contributed by atoms with van der Waals surface area (Å²) in [7, 11) is 0. The molecule has 0 radical (unpaired) electrons. The van der Waals surface area contributed by atoms with E-state index in [0.717, 1.165) is 24.0 Å². The zero-order valence-corrected chi connectivity index (χ0v) is 7.86. The fourth-order valence-electron chi connectivity index (χ4n) is 1.96. The van der Waals surface area contributed by atoms with E-state index in [-0.39, 0.29) is 5.78 Å². The van der Waals surface area contributed by atoms with Crippen molar-refractivity contribution in [2.24, 2.45) is 0 Å². The smallest absolute Gasteiger partial charge is 0.154 e. The summed E-state index contributed by atoms with van der Waals surface area (Å²) in [5.74, 6) is -0.467. The molecule has 0 saturated heterocycles. The maximum absolute atomic E-state index is 11.6. The normalized spacial score (nSPS) is 20.8. The second-order valence-electron chi connectivity index (χ2n) is 3.58. The highest BCUT2D eigenvalue weighted by Crippen LogP contribution is 2.27. The lowest BCUT2D eigenvalue weighted by atomic mass is 9.93. The van der Waals surface area contributed by atoms with E-state index < -0.39 is 5.92 Å². The van der Waals surface area contributed by atoms with Gasteiger partial charge in [0.25, 0.3) is 0 Å². The Morgan fingerprint density at radius 3 is 2.86 bits per heavy atom. The van der Waals surface area contributed by atoms with Crippen LogP contribution in [0.2, 0.25) is 0 Å². The van der Waals surface area contributed by atoms with Crippen molar-refractivity contribution in [2.75, 3.05) is 0 Å². The monoisotopic (exact) mass is 185 g/mol. The number of aryl methyl sites for hydroxylation is 1. The number of nitriles is 1. The molecule has 2 nitrogen and oxygen atoms in total. The lowest BCUT2D eigenvalue weighted by Crippen LogP contribution is -2.08. The molecule has 1 aliphatic rings. The molecule has 1 aliphatic carbocycles. The van der Waals surface area contributed by atoms with Gasteiger partial charge in [0.1, 0.15) is 5.92 Å². The minimum absolute atomic E-state index is 0.0671. The molecule has 1 aromatic rings. The second kappa shape index (κ2) is 3.63. The van der Waals surface area contributed by atoms with Gasteiger partial charge in [-0.05, 0) is 24.0 Å². The van der Waals surface area contributed by atoms with Crippen LogP contribution in [-0.4, -0.2) is 5.78 Å². The molecule has 2 rings (SSSR count). The summed E-state index contributed by atoms with van der Waals surface area (Å²) in [6, 6.07) is 9.86. The molecule has 0 amide bonds. The molecule has 0 aromatic heterocycles. The van der Waals surface area contributed by atoms with Crippen molar-refractivity contribution >= 4 is 5.78 Å². The summed E-state index contributed by atoms with van der Waals surface area (Å²) < 4.78 is 0. The largest absolute Gasteiger partial charge is 0.298 e. The number of rotatable bonds is 0. The Morgan fingerprint density at radius 2 is 2.07 bits per heavy atom. The topological polar surface area (TPSA) is 40.9 Å². The molecule has 0 saturated carbocycles. The van der Waals surface area contributed by atoms with Gasteiger partial charge in [-0.1, -0.05) is 24.3 Å². The van der Waals surface area contributed by atoms with Crippen molar-refractivity contribution in [3.8, 4) is 6.07 Å². The van der Waals surface area contributed by atoms with Gasteiger partial charge in [-0.3, -0.25) is 4.79 Å². The minimum Gasteiger partial charge on any atom is -0.298 e. The van der Waals surface area contributed by atoms with E-state index in [0.29, 0.717) is 6.42 Å². The molecular formula is C12H11NO. The fourth-order valence-corrected chi connectivity index (χ4v) is 1.96. The van der Waals surface area contributed by atoms with Crippen molar-refractivity contribution < 1.29 is 4.79 Å². The standard InChI is InChI=1S/C12H11NO/c13-8-11-10-6-2-1-4-9(10)5-3-7-12(11)14/h1-2,4,6,11H,3,5,7H2. The second-order valence-corrected chi connectivity index (χ2v) is 3.58. The summed E-state index contributed by atoms with van der Waals surface area (Å²) in [5, 5.41) is 8.96. The molecule has 1 unspecified atom stereocenters. The van der Waals surface area contributed by atoms with Gasteiger partial charge >= 0.3 is 0 Å². The molecule has 0 fully saturated rings. The van der Waals surface area contributed by atoms with E-state index >= 15 is 0 Å². The Labute approximate surface area is 83.2 Å². The Morgan fingerprint density at radius 1 is 1.29 bits per heavy atom. The molecule has 70 valence electrons. The first kappa shape index (κ1) is 8.96. The Balaban J connectivity index is 2.51. The van der Waals surface area contributed by atoms with Crippen LogP contribution >= 0.6 is 0 Å². The van der Waals surface area contributed by atoms with Crippen LogP contribution in [0.15, 0.2) is 24.3 Å². The minimum atomic E-state index is -0.534. The first-order valence-electron chi connectivity index (χ1n) is 4.83. The van der Waals surface area contributed by atoms with Gasteiger partial charge in [-0.15, -0.1) is 0 Å². The average Bonchev–Trinajstić information content (AvgIpc) is 2.36. The predicted molar refractivity (Wildman–Crippen MR) is 52.7 cm³/mol. The number of hydrogen-bond acceptors (Lipinski definition) is 2. The first-order chi connectivity index (χ1) is 6.83. The highest BCUT2D eigenvalue weighted by Gasteiger charge is 2.24. The predicted octanol–water partition coefficient (Wildman–Crippen LogP) is 2.20. The molecule has 14 heavy (non-hydrogen) atoms. The van der Waals surface area contributed by atoms with Crippen molar-refractivity contribution in [3.05, 3.63) is 35.4 Å². The lowest BCUT2D eigenvalue weighted by molar-refractivity contribution is -0.119. The van der Waals surface area contributed by atoms with Crippen LogP contribution in [0.1, 0.15) is 29.9 Å². The number of nitrogens with zero attached hydrogens (tertiary/aromatic N) is 1. The van der Waals surface area contributed by atoms with Crippen LogP contribution in [0.5, 0.6) is 0 Å². The van der Waals surface area contributed by atoms with Crippen LogP contribution in [0.25, 0.3) is 0 Å². The molecule has 2 heteroatoms. The number of benzene rings is 1. The van der Waals surface area contributed by atoms with Crippen LogP contribution in [0.3, 0.4) is 0 Å². The maximum Gasteiger partial charge on any atom is 0.154 e. The Hall–Kier alpha value is -1.62. The Kier molecular flexibility index (Phi) is 2.32. The number of Topliss-reactive ketones (excluding diaryl/α,β-unsaturated/α-hetero) is 1. The molecule has 0 bridgehead atoms. The summed E-state index contributed by atoms with van der Waals surface area (Å²) in [5.41, 5.74) is 2.07.